The Hall–Kier alpha value is -1.36. The van der Waals surface area contributed by atoms with Crippen LogP contribution in [0.4, 0.5) is 5.69 Å². The number of aromatic amines is 1. The van der Waals surface area contributed by atoms with Gasteiger partial charge in [-0.05, 0) is 28.1 Å². The van der Waals surface area contributed by atoms with E-state index in [1.807, 2.05) is 24.3 Å². The lowest BCUT2D eigenvalue weighted by Gasteiger charge is -1.95. The summed E-state index contributed by atoms with van der Waals surface area (Å²) in [4.78, 5) is 4.12. The fourth-order valence-electron chi connectivity index (χ4n) is 1.05. The van der Waals surface area contributed by atoms with Gasteiger partial charge in [-0.15, -0.1) is 0 Å². The van der Waals surface area contributed by atoms with E-state index in [-0.39, 0.29) is 0 Å². The largest absolute Gasteiger partial charge is 0.399 e. The van der Waals surface area contributed by atoms with Crippen molar-refractivity contribution in [3.8, 4) is 11.4 Å². The zero-order chi connectivity index (χ0) is 9.26. The van der Waals surface area contributed by atoms with E-state index in [1.54, 1.807) is 0 Å². The fourth-order valence-corrected chi connectivity index (χ4v) is 1.31. The Kier molecular flexibility index (Phi) is 2.02. The van der Waals surface area contributed by atoms with Gasteiger partial charge in [-0.3, -0.25) is 5.10 Å². The lowest BCUT2D eigenvalue weighted by molar-refractivity contribution is 1.07. The molecule has 13 heavy (non-hydrogen) atoms. The molecule has 0 aliphatic rings. The number of nitrogens with two attached hydrogens (primary N) is 1. The van der Waals surface area contributed by atoms with Crippen LogP contribution in [0.5, 0.6) is 0 Å². The molecule has 1 heterocycles. The van der Waals surface area contributed by atoms with Gasteiger partial charge in [0.25, 0.3) is 0 Å². The van der Waals surface area contributed by atoms with Crippen molar-refractivity contribution in [2.75, 3.05) is 5.73 Å². The molecule has 1 aromatic heterocycles. The third-order valence-corrected chi connectivity index (χ3v) is 1.96. The standard InChI is InChI=1S/C8H7BrN4/c9-8-11-7(12-13-8)5-2-1-3-6(10)4-5/h1-4H,10H2,(H,11,12,13). The molecule has 5 heteroatoms. The van der Waals surface area contributed by atoms with Gasteiger partial charge in [-0.25, -0.2) is 4.98 Å². The first-order valence-electron chi connectivity index (χ1n) is 3.69. The van der Waals surface area contributed by atoms with E-state index in [4.69, 9.17) is 5.73 Å². The molecule has 0 spiro atoms. The first kappa shape index (κ1) is 8.25. The third kappa shape index (κ3) is 1.70. The SMILES string of the molecule is Nc1cccc(-c2n[nH]c(Br)n2)c1. The highest BCUT2D eigenvalue weighted by Crippen LogP contribution is 2.18. The molecular formula is C8H7BrN4. The van der Waals surface area contributed by atoms with E-state index in [1.165, 1.54) is 0 Å². The van der Waals surface area contributed by atoms with Crippen LogP contribution >= 0.6 is 15.9 Å². The molecule has 0 amide bonds. The highest BCUT2D eigenvalue weighted by molar-refractivity contribution is 9.10. The van der Waals surface area contributed by atoms with E-state index in [2.05, 4.69) is 31.1 Å². The number of hydrogen-bond acceptors (Lipinski definition) is 3. The van der Waals surface area contributed by atoms with Gasteiger partial charge in [0.05, 0.1) is 0 Å². The van der Waals surface area contributed by atoms with Crippen LogP contribution < -0.4 is 5.73 Å². The molecular weight excluding hydrogens is 232 g/mol. The van der Waals surface area contributed by atoms with Crippen molar-refractivity contribution in [2.24, 2.45) is 0 Å². The maximum absolute atomic E-state index is 5.63. The number of aromatic nitrogens is 3. The molecule has 2 aromatic rings. The van der Waals surface area contributed by atoms with E-state index < -0.39 is 0 Å². The number of nitrogen functional groups attached to an aromatic ring is 1. The lowest BCUT2D eigenvalue weighted by Crippen LogP contribution is -1.86. The van der Waals surface area contributed by atoms with Gasteiger partial charge in [0.2, 0.25) is 0 Å². The first-order chi connectivity index (χ1) is 6.25. The number of benzene rings is 1. The monoisotopic (exact) mass is 238 g/mol. The zero-order valence-corrected chi connectivity index (χ0v) is 8.25. The van der Waals surface area contributed by atoms with Gasteiger partial charge in [0.1, 0.15) is 0 Å². The Morgan fingerprint density at radius 2 is 2.23 bits per heavy atom. The summed E-state index contributed by atoms with van der Waals surface area (Å²) in [6.45, 7) is 0. The summed E-state index contributed by atoms with van der Waals surface area (Å²) in [5, 5.41) is 6.69. The maximum atomic E-state index is 5.63. The molecule has 66 valence electrons. The van der Waals surface area contributed by atoms with Gasteiger partial charge in [0.15, 0.2) is 10.6 Å². The fraction of sp³-hybridized carbons (Fsp3) is 0. The average molecular weight is 239 g/mol. The van der Waals surface area contributed by atoms with Crippen molar-refractivity contribution in [3.63, 3.8) is 0 Å². The molecule has 2 rings (SSSR count). The molecule has 0 atom stereocenters. The number of nitrogens with zero attached hydrogens (tertiary/aromatic N) is 2. The van der Waals surface area contributed by atoms with Crippen LogP contribution in [0.2, 0.25) is 0 Å². The smallest absolute Gasteiger partial charge is 0.193 e. The summed E-state index contributed by atoms with van der Waals surface area (Å²) in [5.41, 5.74) is 7.24. The van der Waals surface area contributed by atoms with Gasteiger partial charge in [-0.2, -0.15) is 5.10 Å². The van der Waals surface area contributed by atoms with Crippen molar-refractivity contribution in [1.82, 2.24) is 15.2 Å². The van der Waals surface area contributed by atoms with Crippen LogP contribution in [0.25, 0.3) is 11.4 Å². The first-order valence-corrected chi connectivity index (χ1v) is 4.49. The Balaban J connectivity index is 2.46. The third-order valence-electron chi connectivity index (χ3n) is 1.60. The van der Waals surface area contributed by atoms with Crippen molar-refractivity contribution in [1.29, 1.82) is 0 Å². The van der Waals surface area contributed by atoms with E-state index in [9.17, 15) is 0 Å². The minimum Gasteiger partial charge on any atom is -0.399 e. The summed E-state index contributed by atoms with van der Waals surface area (Å²) in [5.74, 6) is 0.638. The molecule has 0 aliphatic carbocycles. The average Bonchev–Trinajstić information content (AvgIpc) is 2.52. The zero-order valence-electron chi connectivity index (χ0n) is 6.66. The molecule has 0 saturated carbocycles. The van der Waals surface area contributed by atoms with Crippen LogP contribution in [-0.2, 0) is 0 Å². The highest BCUT2D eigenvalue weighted by Gasteiger charge is 2.03. The second-order valence-electron chi connectivity index (χ2n) is 2.58. The van der Waals surface area contributed by atoms with Crippen LogP contribution in [-0.4, -0.2) is 15.2 Å². The van der Waals surface area contributed by atoms with Gasteiger partial charge in [-0.1, -0.05) is 12.1 Å². The number of rotatable bonds is 1. The summed E-state index contributed by atoms with van der Waals surface area (Å²) < 4.78 is 0.616. The minimum atomic E-state index is 0.616. The van der Waals surface area contributed by atoms with Gasteiger partial charge in [0, 0.05) is 11.3 Å². The van der Waals surface area contributed by atoms with Gasteiger partial charge >= 0.3 is 0 Å². The van der Waals surface area contributed by atoms with Gasteiger partial charge < -0.3 is 5.73 Å². The highest BCUT2D eigenvalue weighted by atomic mass is 79.9. The molecule has 0 unspecified atom stereocenters. The van der Waals surface area contributed by atoms with Crippen LogP contribution in [0.15, 0.2) is 29.0 Å². The van der Waals surface area contributed by atoms with Crippen molar-refractivity contribution >= 4 is 21.6 Å². The number of anilines is 1. The molecule has 3 N–H and O–H groups in total. The molecule has 0 aliphatic heterocycles. The maximum Gasteiger partial charge on any atom is 0.193 e. The molecule has 0 fully saturated rings. The number of H-pyrrole nitrogens is 1. The Bertz CT molecular complexity index is 424. The number of halogens is 1. The van der Waals surface area contributed by atoms with E-state index in [0.717, 1.165) is 5.56 Å². The van der Waals surface area contributed by atoms with Crippen molar-refractivity contribution in [3.05, 3.63) is 29.0 Å². The minimum absolute atomic E-state index is 0.616. The Morgan fingerprint density at radius 3 is 2.85 bits per heavy atom. The molecule has 4 nitrogen and oxygen atoms in total. The van der Waals surface area contributed by atoms with Crippen LogP contribution in [0, 0.1) is 0 Å². The summed E-state index contributed by atoms with van der Waals surface area (Å²) in [7, 11) is 0. The van der Waals surface area contributed by atoms with Crippen LogP contribution in [0.1, 0.15) is 0 Å². The Labute approximate surface area is 83.3 Å². The second kappa shape index (κ2) is 3.18. The molecule has 0 saturated heterocycles. The Morgan fingerprint density at radius 1 is 1.38 bits per heavy atom. The van der Waals surface area contributed by atoms with E-state index in [0.29, 0.717) is 16.2 Å². The van der Waals surface area contributed by atoms with Crippen LogP contribution in [0.3, 0.4) is 0 Å². The summed E-state index contributed by atoms with van der Waals surface area (Å²) >= 11 is 3.19. The lowest BCUT2D eigenvalue weighted by atomic mass is 10.2. The van der Waals surface area contributed by atoms with Crippen molar-refractivity contribution < 1.29 is 0 Å². The second-order valence-corrected chi connectivity index (χ2v) is 3.33. The normalized spacial score (nSPS) is 10.2. The predicted molar refractivity (Wildman–Crippen MR) is 53.9 cm³/mol. The van der Waals surface area contributed by atoms with Crippen molar-refractivity contribution in [2.45, 2.75) is 0 Å². The molecule has 0 radical (unpaired) electrons. The number of nitrogens with one attached hydrogen (secondary N) is 1. The number of hydrogen-bond donors (Lipinski definition) is 2. The quantitative estimate of drug-likeness (QED) is 0.745. The van der Waals surface area contributed by atoms with E-state index >= 15 is 0 Å². The summed E-state index contributed by atoms with van der Waals surface area (Å²) in [6.07, 6.45) is 0. The predicted octanol–water partition coefficient (Wildman–Crippen LogP) is 1.82. The molecule has 1 aromatic carbocycles. The summed E-state index contributed by atoms with van der Waals surface area (Å²) in [6, 6.07) is 7.43. The topological polar surface area (TPSA) is 67.6 Å². The molecule has 0 bridgehead atoms.